The Labute approximate surface area is 144 Å². The van der Waals surface area contributed by atoms with Crippen molar-refractivity contribution in [3.05, 3.63) is 5.53 Å². The number of hydrogen-bond donors (Lipinski definition) is 0. The molecular weight excluding hydrogens is 354 g/mol. The van der Waals surface area contributed by atoms with Gasteiger partial charge in [-0.25, -0.2) is 13.2 Å². The fourth-order valence-corrected chi connectivity index (χ4v) is 4.72. The topological polar surface area (TPSA) is 143 Å². The molecule has 0 unspecified atom stereocenters. The normalized spacial score (nSPS) is 26.4. The maximum absolute atomic E-state index is 12.5. The van der Waals surface area contributed by atoms with Gasteiger partial charge in [0.05, 0.1) is 5.41 Å². The monoisotopic (exact) mass is 373 g/mol. The Hall–Kier alpha value is -2.26. The first kappa shape index (κ1) is 19.1. The van der Waals surface area contributed by atoms with Gasteiger partial charge in [0.1, 0.15) is 4.75 Å². The molecule has 2 heterocycles. The molecule has 0 aliphatic carbocycles. The quantitative estimate of drug-likeness (QED) is 0.213. The molecule has 0 aromatic carbocycles. The number of β-lactam (4-membered cyclic amide) rings is 1. The number of esters is 2. The second kappa shape index (κ2) is 5.63. The zero-order valence-electron chi connectivity index (χ0n) is 14.5. The smallest absolute Gasteiger partial charge is 0.393 e. The predicted molar refractivity (Wildman–Crippen MR) is 82.6 cm³/mol. The minimum Gasteiger partial charge on any atom is -0.427 e. The second-order valence-electron chi connectivity index (χ2n) is 7.36. The zero-order valence-corrected chi connectivity index (χ0v) is 15.3. The molecule has 1 amide bonds. The molecule has 0 aromatic rings. The van der Waals surface area contributed by atoms with Crippen molar-refractivity contribution in [2.45, 2.75) is 50.8 Å². The van der Waals surface area contributed by atoms with E-state index in [2.05, 4.69) is 4.79 Å². The van der Waals surface area contributed by atoms with Crippen LogP contribution in [0.25, 0.3) is 5.53 Å². The van der Waals surface area contributed by atoms with E-state index in [1.807, 2.05) is 0 Å². The third-order valence-electron chi connectivity index (χ3n) is 4.24. The molecule has 138 valence electrons. The predicted octanol–water partition coefficient (Wildman–Crippen LogP) is -0.509. The lowest BCUT2D eigenvalue weighted by molar-refractivity contribution is -0.178. The number of amides is 1. The van der Waals surface area contributed by atoms with Crippen molar-refractivity contribution in [2.75, 3.05) is 6.79 Å². The highest BCUT2D eigenvalue weighted by molar-refractivity contribution is 7.94. The third kappa shape index (κ3) is 2.63. The molecule has 0 aromatic heterocycles. The van der Waals surface area contributed by atoms with E-state index in [0.29, 0.717) is 0 Å². The Kier molecular flexibility index (Phi) is 4.30. The van der Waals surface area contributed by atoms with Crippen LogP contribution in [0, 0.1) is 5.41 Å². The summed E-state index contributed by atoms with van der Waals surface area (Å²) in [5.41, 5.74) is 7.47. The van der Waals surface area contributed by atoms with E-state index in [4.69, 9.17) is 15.0 Å². The van der Waals surface area contributed by atoms with E-state index in [9.17, 15) is 22.8 Å². The van der Waals surface area contributed by atoms with Gasteiger partial charge in [-0.05, 0) is 34.6 Å². The van der Waals surface area contributed by atoms with Crippen LogP contribution < -0.4 is 0 Å². The number of sulfone groups is 1. The van der Waals surface area contributed by atoms with E-state index < -0.39 is 61.8 Å². The number of nitrogens with zero attached hydrogens (tertiary/aromatic N) is 3. The summed E-state index contributed by atoms with van der Waals surface area (Å²) in [6.45, 7) is 6.69. The lowest BCUT2D eigenvalue weighted by Crippen LogP contribution is -2.64. The molecule has 0 saturated carbocycles. The highest BCUT2D eigenvalue weighted by Crippen LogP contribution is 2.44. The first-order valence-electron chi connectivity index (χ1n) is 7.40. The third-order valence-corrected chi connectivity index (χ3v) is 6.97. The van der Waals surface area contributed by atoms with E-state index in [1.165, 1.54) is 13.8 Å². The van der Waals surface area contributed by atoms with Crippen LogP contribution in [0.3, 0.4) is 0 Å². The van der Waals surface area contributed by atoms with Gasteiger partial charge in [-0.3, -0.25) is 14.5 Å². The van der Waals surface area contributed by atoms with Crippen LogP contribution in [0.1, 0.15) is 34.6 Å². The number of fused-ring (bicyclic) bond motifs is 1. The van der Waals surface area contributed by atoms with Crippen molar-refractivity contribution in [3.8, 4) is 0 Å². The van der Waals surface area contributed by atoms with Gasteiger partial charge in [0.2, 0.25) is 12.2 Å². The molecule has 0 bridgehead atoms. The van der Waals surface area contributed by atoms with Crippen LogP contribution in [0.2, 0.25) is 0 Å². The summed E-state index contributed by atoms with van der Waals surface area (Å²) in [5.74, 6) is -2.50. The van der Waals surface area contributed by atoms with Gasteiger partial charge in [-0.1, -0.05) is 0 Å². The summed E-state index contributed by atoms with van der Waals surface area (Å²) in [6, 6.07) is -1.44. The van der Waals surface area contributed by atoms with Gasteiger partial charge in [0, 0.05) is 0 Å². The van der Waals surface area contributed by atoms with Crippen LogP contribution >= 0.6 is 0 Å². The first-order chi connectivity index (χ1) is 11.3. The zero-order chi connectivity index (χ0) is 19.4. The van der Waals surface area contributed by atoms with E-state index >= 15 is 0 Å². The number of hydrogen-bond acceptors (Lipinski definition) is 7. The highest BCUT2D eigenvalue weighted by atomic mass is 32.2. The molecule has 2 aliphatic heterocycles. The van der Waals surface area contributed by atoms with Crippen LogP contribution in [0.5, 0.6) is 0 Å². The average Bonchev–Trinajstić information content (AvgIpc) is 2.61. The molecule has 0 spiro atoms. The Bertz CT molecular complexity index is 803. The molecule has 2 saturated heterocycles. The van der Waals surface area contributed by atoms with E-state index in [-0.39, 0.29) is 0 Å². The fraction of sp³-hybridized carbons (Fsp3) is 0.714. The molecule has 11 heteroatoms. The first-order valence-corrected chi connectivity index (χ1v) is 8.95. The molecule has 25 heavy (non-hydrogen) atoms. The molecule has 10 nitrogen and oxygen atoms in total. The molecule has 2 rings (SSSR count). The number of rotatable bonds is 3. The Balaban J connectivity index is 2.19. The van der Waals surface area contributed by atoms with Gasteiger partial charge in [0.25, 0.3) is 0 Å². The Morgan fingerprint density at radius 2 is 1.84 bits per heavy atom. The van der Waals surface area contributed by atoms with Gasteiger partial charge in [-0.15, -0.1) is 0 Å². The van der Waals surface area contributed by atoms with E-state index in [0.717, 1.165) is 4.90 Å². The summed E-state index contributed by atoms with van der Waals surface area (Å²) < 4.78 is 33.1. The Morgan fingerprint density at radius 3 is 2.32 bits per heavy atom. The number of carbonyl (C=O) groups is 3. The SMILES string of the molecule is CC(C)(C)C(=O)OCOC(=O)[C@@H]1N2C(=O)C(=[N+]=[N-])[C@H]2S(=O)(=O)C1(C)C. The lowest BCUT2D eigenvalue weighted by atomic mass is 9.97. The molecular formula is C14H19N3O7S. The molecule has 2 atom stereocenters. The lowest BCUT2D eigenvalue weighted by Gasteiger charge is -2.32. The minimum absolute atomic E-state index is 0.539. The molecule has 0 radical (unpaired) electrons. The largest absolute Gasteiger partial charge is 0.427 e. The van der Waals surface area contributed by atoms with Gasteiger partial charge < -0.3 is 15.0 Å². The van der Waals surface area contributed by atoms with Crippen molar-refractivity contribution in [1.29, 1.82) is 0 Å². The fourth-order valence-electron chi connectivity index (χ4n) is 2.66. The highest BCUT2D eigenvalue weighted by Gasteiger charge is 2.75. The summed E-state index contributed by atoms with van der Waals surface area (Å²) in [5, 5.41) is -1.49. The van der Waals surface area contributed by atoms with Crippen molar-refractivity contribution in [2.24, 2.45) is 5.41 Å². The summed E-state index contributed by atoms with van der Waals surface area (Å²) in [7, 11) is -4.01. The van der Waals surface area contributed by atoms with Crippen molar-refractivity contribution >= 4 is 33.4 Å². The van der Waals surface area contributed by atoms with Crippen molar-refractivity contribution in [1.82, 2.24) is 4.90 Å². The maximum Gasteiger partial charge on any atom is 0.393 e. The summed E-state index contributed by atoms with van der Waals surface area (Å²) in [6.07, 6.45) is 0. The molecule has 2 fully saturated rings. The average molecular weight is 373 g/mol. The number of ether oxygens (including phenoxy) is 2. The van der Waals surface area contributed by atoms with Gasteiger partial charge in [-0.2, -0.15) is 4.79 Å². The van der Waals surface area contributed by atoms with Crippen LogP contribution in [-0.4, -0.2) is 64.6 Å². The Morgan fingerprint density at radius 1 is 1.28 bits per heavy atom. The molecule has 2 aliphatic rings. The molecule has 0 N–H and O–H groups in total. The van der Waals surface area contributed by atoms with Crippen molar-refractivity contribution < 1.29 is 37.1 Å². The van der Waals surface area contributed by atoms with Crippen molar-refractivity contribution in [3.63, 3.8) is 0 Å². The summed E-state index contributed by atoms with van der Waals surface area (Å²) >= 11 is 0. The second-order valence-corrected chi connectivity index (χ2v) is 9.95. The van der Waals surface area contributed by atoms with E-state index in [1.54, 1.807) is 20.8 Å². The van der Waals surface area contributed by atoms with Gasteiger partial charge >= 0.3 is 23.6 Å². The number of carbonyl (C=O) groups excluding carboxylic acids is 3. The van der Waals surface area contributed by atoms with Gasteiger partial charge in [0.15, 0.2) is 15.9 Å². The van der Waals surface area contributed by atoms with Crippen LogP contribution in [0.15, 0.2) is 0 Å². The maximum atomic E-state index is 12.5. The van der Waals surface area contributed by atoms with Crippen LogP contribution in [0.4, 0.5) is 0 Å². The summed E-state index contributed by atoms with van der Waals surface area (Å²) in [4.78, 5) is 39.4. The van der Waals surface area contributed by atoms with Crippen LogP contribution in [-0.2, 0) is 33.7 Å². The minimum atomic E-state index is -4.01. The standard InChI is InChI=1S/C14H19N3O7S/c1-13(2,3)12(20)24-6-23-11(19)8-14(4,5)25(21,22)10-7(16-15)9(18)17(8)10/h8,10H,6H2,1-5H3/t8-,10+/m0/s1.